The van der Waals surface area contributed by atoms with Crippen molar-refractivity contribution >= 4 is 39.8 Å². The highest BCUT2D eigenvalue weighted by Gasteiger charge is 2.33. The number of pyridine rings is 1. The van der Waals surface area contributed by atoms with E-state index in [-0.39, 0.29) is 22.2 Å². The molecule has 51 heavy (non-hydrogen) atoms. The Morgan fingerprint density at radius 3 is 2.47 bits per heavy atom. The third-order valence-corrected chi connectivity index (χ3v) is 11.2. The molecular weight excluding hydrogens is 663 g/mol. The van der Waals surface area contributed by atoms with Gasteiger partial charge in [0.1, 0.15) is 16.7 Å². The van der Waals surface area contributed by atoms with Crippen LogP contribution in [0, 0.1) is 5.41 Å². The predicted octanol–water partition coefficient (Wildman–Crippen LogP) is 7.54. The number of aryl methyl sites for hydroxylation is 1. The van der Waals surface area contributed by atoms with Gasteiger partial charge in [0.15, 0.2) is 0 Å². The average molecular weight is 722 g/mol. The third kappa shape index (κ3) is 9.78. The molecular formula is C40H59N5O5S. The number of nitrogens with zero attached hydrogens (tertiary/aromatic N) is 5. The van der Waals surface area contributed by atoms with Crippen molar-refractivity contribution in [3.63, 3.8) is 0 Å². The molecule has 3 aromatic rings. The summed E-state index contributed by atoms with van der Waals surface area (Å²) >= 11 is 0. The van der Waals surface area contributed by atoms with Gasteiger partial charge in [-0.25, -0.2) is 4.21 Å². The highest BCUT2D eigenvalue weighted by atomic mass is 32.2. The zero-order valence-corrected chi connectivity index (χ0v) is 33.1. The Kier molecular flexibility index (Phi) is 12.7. The fourth-order valence-electron chi connectivity index (χ4n) is 6.83. The van der Waals surface area contributed by atoms with Crippen molar-refractivity contribution in [2.24, 2.45) is 9.81 Å². The fourth-order valence-corrected chi connectivity index (χ4v) is 7.38. The summed E-state index contributed by atoms with van der Waals surface area (Å²) in [7, 11) is 0.480. The molecule has 1 aliphatic carbocycles. The fraction of sp³-hybridized carbons (Fsp3) is 0.625. The number of benzene rings is 1. The summed E-state index contributed by atoms with van der Waals surface area (Å²) in [5.41, 5.74) is 6.17. The number of methoxy groups -OCH3 is 1. The first-order valence-corrected chi connectivity index (χ1v) is 19.7. The molecule has 280 valence electrons. The normalized spacial score (nSPS) is 17.3. The maximum absolute atomic E-state index is 12.3. The van der Waals surface area contributed by atoms with Crippen molar-refractivity contribution in [1.82, 2.24) is 14.5 Å². The molecule has 1 saturated carbocycles. The lowest BCUT2D eigenvalue weighted by atomic mass is 9.84. The van der Waals surface area contributed by atoms with Crippen LogP contribution in [0.1, 0.15) is 98.4 Å². The molecule has 11 heteroatoms. The molecule has 1 aromatic carbocycles. The number of anilines is 1. The van der Waals surface area contributed by atoms with Gasteiger partial charge in [-0.2, -0.15) is 4.40 Å². The van der Waals surface area contributed by atoms with Crippen LogP contribution in [0.5, 0.6) is 5.75 Å². The van der Waals surface area contributed by atoms with Crippen LogP contribution in [0.4, 0.5) is 5.69 Å². The lowest BCUT2D eigenvalue weighted by Gasteiger charge is -2.36. The number of hydrogen-bond acceptors (Lipinski definition) is 8. The number of aromatic nitrogens is 2. The number of ether oxygens (including phenoxy) is 3. The summed E-state index contributed by atoms with van der Waals surface area (Å²) in [4.78, 5) is 22.1. The average Bonchev–Trinajstić information content (AvgIpc) is 3.91. The molecule has 2 aliphatic rings. The van der Waals surface area contributed by atoms with Gasteiger partial charge in [-0.1, -0.05) is 13.8 Å². The first-order chi connectivity index (χ1) is 24.2. The number of carbonyl (C=O) groups excluding carboxylic acids is 1. The Bertz CT molecular complexity index is 1720. The number of hydrogen-bond donors (Lipinski definition) is 0. The third-order valence-electron chi connectivity index (χ3n) is 9.86. The number of rotatable bonds is 16. The highest BCUT2D eigenvalue weighted by molar-refractivity contribution is 7.85. The van der Waals surface area contributed by atoms with Crippen molar-refractivity contribution < 1.29 is 23.2 Å². The quantitative estimate of drug-likeness (QED) is 0.0851. The summed E-state index contributed by atoms with van der Waals surface area (Å²) < 4.78 is 36.3. The van der Waals surface area contributed by atoms with Gasteiger partial charge >= 0.3 is 5.97 Å². The van der Waals surface area contributed by atoms with Crippen LogP contribution >= 0.6 is 0 Å². The molecule has 0 N–H and O–H groups in total. The predicted molar refractivity (Wildman–Crippen MR) is 208 cm³/mol. The van der Waals surface area contributed by atoms with E-state index in [1.807, 2.05) is 33.0 Å². The minimum absolute atomic E-state index is 0.214. The van der Waals surface area contributed by atoms with Gasteiger partial charge in [-0.05, 0) is 96.6 Å². The molecule has 0 bridgehead atoms. The number of fused-ring (bicyclic) bond motifs is 1. The van der Waals surface area contributed by atoms with E-state index in [1.54, 1.807) is 13.3 Å². The lowest BCUT2D eigenvalue weighted by Crippen LogP contribution is -2.47. The van der Waals surface area contributed by atoms with E-state index in [0.29, 0.717) is 26.1 Å². The molecule has 0 unspecified atom stereocenters. The van der Waals surface area contributed by atoms with Crippen LogP contribution in [0.2, 0.25) is 0 Å². The zero-order valence-electron chi connectivity index (χ0n) is 32.3. The van der Waals surface area contributed by atoms with E-state index >= 15 is 0 Å². The van der Waals surface area contributed by atoms with Gasteiger partial charge in [0.2, 0.25) is 0 Å². The van der Waals surface area contributed by atoms with E-state index in [2.05, 4.69) is 64.7 Å². The highest BCUT2D eigenvalue weighted by Crippen LogP contribution is 2.43. The Morgan fingerprint density at radius 1 is 1.12 bits per heavy atom. The van der Waals surface area contributed by atoms with Crippen LogP contribution in [0.3, 0.4) is 0 Å². The van der Waals surface area contributed by atoms with Gasteiger partial charge in [0.25, 0.3) is 0 Å². The van der Waals surface area contributed by atoms with Gasteiger partial charge in [0.05, 0.1) is 47.3 Å². The Hall–Kier alpha value is -3.28. The molecule has 5 rings (SSSR count). The number of carbonyl (C=O) groups is 1. The molecule has 1 saturated heterocycles. The summed E-state index contributed by atoms with van der Waals surface area (Å²) in [6, 6.07) is 9.44. The minimum atomic E-state index is -1.26. The molecule has 0 amide bonds. The van der Waals surface area contributed by atoms with E-state index in [4.69, 9.17) is 19.2 Å². The van der Waals surface area contributed by atoms with Crippen LogP contribution < -0.4 is 9.64 Å². The van der Waals surface area contributed by atoms with Gasteiger partial charge in [-0.3, -0.25) is 14.7 Å². The first kappa shape index (κ1) is 38.9. The molecule has 0 spiro atoms. The van der Waals surface area contributed by atoms with E-state index in [0.717, 1.165) is 84.5 Å². The summed E-state index contributed by atoms with van der Waals surface area (Å²) in [6.07, 6.45) is 8.34. The Morgan fingerprint density at radius 2 is 1.84 bits per heavy atom. The summed E-state index contributed by atoms with van der Waals surface area (Å²) in [5.74, 6) is 0.516. The second-order valence-corrected chi connectivity index (χ2v) is 17.7. The van der Waals surface area contributed by atoms with Crippen LogP contribution in [-0.2, 0) is 38.2 Å². The maximum Gasteiger partial charge on any atom is 0.302 e. The Balaban J connectivity index is 1.53. The second-order valence-electron chi connectivity index (χ2n) is 15.8. The maximum atomic E-state index is 12.3. The largest absolute Gasteiger partial charge is 0.494 e. The molecule has 2 atom stereocenters. The van der Waals surface area contributed by atoms with Gasteiger partial charge in [-0.15, -0.1) is 0 Å². The van der Waals surface area contributed by atoms with E-state index in [9.17, 15) is 9.00 Å². The standard InChI is InChI=1S/C40H59N5O5S/c1-10-45-36-16-15-32(49-22-12-11-17-42-51(47)39(4,5)6)24-33(36)35(25-40(7,8)27-50-29(3)46)38(45)34-23-31(26-41-37(34)28(2)48-9)44-20-18-43(19-21-44)30-13-14-30/h15-17,23-24,26,28,30H,10-14,18-22,25,27H2,1-9H3/b42-17+/t28-,51-/m0/s1. The second kappa shape index (κ2) is 16.6. The SMILES string of the molecule is CCn1c(-c2cc(N3CCN(C4CC4)CC3)cnc2[C@H](C)OC)c(CC(C)(C)COC(C)=O)c2cc(OCCC/C=N/[S@@](=O)C(C)(C)C)ccc21. The Labute approximate surface area is 307 Å². The van der Waals surface area contributed by atoms with Crippen LogP contribution in [0.25, 0.3) is 22.2 Å². The first-order valence-electron chi connectivity index (χ1n) is 18.6. The van der Waals surface area contributed by atoms with Crippen molar-refractivity contribution in [1.29, 1.82) is 0 Å². The lowest BCUT2D eigenvalue weighted by molar-refractivity contribution is -0.143. The number of unbranched alkanes of at least 4 members (excludes halogenated alkanes) is 1. The summed E-state index contributed by atoms with van der Waals surface area (Å²) in [5, 5.41) is 1.11. The van der Waals surface area contributed by atoms with E-state index < -0.39 is 11.0 Å². The van der Waals surface area contributed by atoms with Crippen molar-refractivity contribution in [3.8, 4) is 17.0 Å². The molecule has 3 heterocycles. The number of esters is 1. The topological polar surface area (TPSA) is 98.5 Å². The molecule has 2 fully saturated rings. The summed E-state index contributed by atoms with van der Waals surface area (Å²) in [6.45, 7) is 21.5. The smallest absolute Gasteiger partial charge is 0.302 e. The van der Waals surface area contributed by atoms with Crippen LogP contribution in [0.15, 0.2) is 34.9 Å². The number of piperazine rings is 1. The van der Waals surface area contributed by atoms with Crippen molar-refractivity contribution in [3.05, 3.63) is 41.7 Å². The van der Waals surface area contributed by atoms with E-state index in [1.165, 1.54) is 25.3 Å². The van der Waals surface area contributed by atoms with Gasteiger partial charge < -0.3 is 23.7 Å². The van der Waals surface area contributed by atoms with Crippen molar-refractivity contribution in [2.75, 3.05) is 51.4 Å². The minimum Gasteiger partial charge on any atom is -0.494 e. The van der Waals surface area contributed by atoms with Crippen molar-refractivity contribution in [2.45, 2.75) is 111 Å². The van der Waals surface area contributed by atoms with Crippen LogP contribution in [-0.4, -0.2) is 88.1 Å². The monoisotopic (exact) mass is 721 g/mol. The molecule has 0 radical (unpaired) electrons. The molecule has 10 nitrogen and oxygen atoms in total. The molecule has 2 aromatic heterocycles. The van der Waals surface area contributed by atoms with Gasteiger partial charge in [0, 0.05) is 80.9 Å². The zero-order chi connectivity index (χ0) is 36.9. The molecule has 1 aliphatic heterocycles.